The Balaban J connectivity index is 2.20. The van der Waals surface area contributed by atoms with Gasteiger partial charge in [-0.25, -0.2) is 13.6 Å². The number of benzene rings is 1. The third-order valence-electron chi connectivity index (χ3n) is 2.36. The number of nitrogens with one attached hydrogen (secondary N) is 1. The number of alkyl halides is 2. The third kappa shape index (κ3) is 2.97. The molecule has 0 fully saturated rings. The molecular formula is C11H10F2N2O4. The minimum Gasteiger partial charge on any atom is -0.478 e. The summed E-state index contributed by atoms with van der Waals surface area (Å²) in [4.78, 5) is 14.6. The van der Waals surface area contributed by atoms with Gasteiger partial charge in [0.1, 0.15) is 12.1 Å². The number of aromatic carboxylic acids is 1. The number of carboxylic acid groups (broad SMARTS) is 1. The van der Waals surface area contributed by atoms with Crippen molar-refractivity contribution in [2.24, 2.45) is 0 Å². The topological polar surface area (TPSA) is 95.6 Å². The summed E-state index contributed by atoms with van der Waals surface area (Å²) >= 11 is 0. The second kappa shape index (κ2) is 4.81. The van der Waals surface area contributed by atoms with Crippen molar-refractivity contribution in [3.8, 4) is 0 Å². The van der Waals surface area contributed by atoms with Gasteiger partial charge in [0.05, 0.1) is 12.1 Å². The van der Waals surface area contributed by atoms with Crippen LogP contribution in [0.15, 0.2) is 22.6 Å². The molecule has 8 heteroatoms. The van der Waals surface area contributed by atoms with Crippen LogP contribution >= 0.6 is 0 Å². The summed E-state index contributed by atoms with van der Waals surface area (Å²) in [6.07, 6.45) is 0. The first-order valence-corrected chi connectivity index (χ1v) is 5.28. The lowest BCUT2D eigenvalue weighted by atomic mass is 10.2. The summed E-state index contributed by atoms with van der Waals surface area (Å²) in [6.45, 7) is -2.12. The molecule has 6 nitrogen and oxygen atoms in total. The molecule has 0 spiro atoms. The highest BCUT2D eigenvalue weighted by molar-refractivity contribution is 5.92. The van der Waals surface area contributed by atoms with Crippen LogP contribution in [0.2, 0.25) is 0 Å². The molecule has 102 valence electrons. The zero-order valence-corrected chi connectivity index (χ0v) is 9.56. The Morgan fingerprint density at radius 1 is 1.47 bits per heavy atom. The van der Waals surface area contributed by atoms with Gasteiger partial charge in [-0.05, 0) is 18.2 Å². The summed E-state index contributed by atoms with van der Waals surface area (Å²) in [6, 6.07) is 3.84. The molecule has 0 atom stereocenters. The highest BCUT2D eigenvalue weighted by Gasteiger charge is 2.28. The summed E-state index contributed by atoms with van der Waals surface area (Å²) in [5, 5.41) is 19.4. The van der Waals surface area contributed by atoms with Gasteiger partial charge in [-0.15, -0.1) is 0 Å². The molecule has 0 amide bonds. The number of aromatic nitrogens is 1. The normalized spacial score (nSPS) is 11.7. The molecular weight excluding hydrogens is 262 g/mol. The number of halogens is 2. The quantitative estimate of drug-likeness (QED) is 0.764. The first-order valence-electron chi connectivity index (χ1n) is 5.28. The Morgan fingerprint density at radius 3 is 2.84 bits per heavy atom. The van der Waals surface area contributed by atoms with Crippen molar-refractivity contribution in [3.63, 3.8) is 0 Å². The van der Waals surface area contributed by atoms with Crippen molar-refractivity contribution in [1.82, 2.24) is 4.98 Å². The number of anilines is 1. The van der Waals surface area contributed by atoms with Crippen LogP contribution in [0, 0.1) is 0 Å². The van der Waals surface area contributed by atoms with Crippen LogP contribution < -0.4 is 5.32 Å². The molecule has 0 bridgehead atoms. The molecule has 0 radical (unpaired) electrons. The van der Waals surface area contributed by atoms with E-state index in [9.17, 15) is 13.6 Å². The summed E-state index contributed by atoms with van der Waals surface area (Å²) in [7, 11) is 0. The number of oxazole rings is 1. The maximum Gasteiger partial charge on any atom is 0.335 e. The van der Waals surface area contributed by atoms with E-state index in [1.165, 1.54) is 18.2 Å². The lowest BCUT2D eigenvalue weighted by Crippen LogP contribution is -2.31. The van der Waals surface area contributed by atoms with Crippen LogP contribution in [0.5, 0.6) is 0 Å². The molecule has 0 saturated heterocycles. The molecule has 0 aliphatic rings. The fourth-order valence-electron chi connectivity index (χ4n) is 1.39. The van der Waals surface area contributed by atoms with Gasteiger partial charge < -0.3 is 19.9 Å². The molecule has 3 N–H and O–H groups in total. The molecule has 0 saturated carbocycles. The number of nitrogens with zero attached hydrogens (tertiary/aromatic N) is 1. The molecule has 1 aromatic heterocycles. The molecule has 2 aromatic rings. The summed E-state index contributed by atoms with van der Waals surface area (Å²) in [5.74, 6) is -4.41. The third-order valence-corrected chi connectivity index (χ3v) is 2.36. The zero-order chi connectivity index (χ0) is 14.0. The Labute approximate surface area is 105 Å². The fourth-order valence-corrected chi connectivity index (χ4v) is 1.39. The predicted octanol–water partition coefficient (Wildman–Crippen LogP) is 1.57. The number of aliphatic hydroxyl groups excluding tert-OH is 1. The van der Waals surface area contributed by atoms with E-state index in [-0.39, 0.29) is 17.2 Å². The first kappa shape index (κ1) is 13.2. The second-order valence-electron chi connectivity index (χ2n) is 3.87. The van der Waals surface area contributed by atoms with E-state index >= 15 is 0 Å². The molecule has 1 aromatic carbocycles. The van der Waals surface area contributed by atoms with Gasteiger partial charge in [-0.3, -0.25) is 0 Å². The van der Waals surface area contributed by atoms with E-state index in [0.29, 0.717) is 5.52 Å². The number of hydrogen-bond acceptors (Lipinski definition) is 5. The van der Waals surface area contributed by atoms with E-state index in [0.717, 1.165) is 0 Å². The smallest absolute Gasteiger partial charge is 0.335 e. The van der Waals surface area contributed by atoms with Crippen molar-refractivity contribution >= 4 is 23.1 Å². The Hall–Kier alpha value is -2.22. The van der Waals surface area contributed by atoms with E-state index in [4.69, 9.17) is 14.6 Å². The van der Waals surface area contributed by atoms with E-state index < -0.39 is 25.0 Å². The number of carboxylic acids is 1. The lowest BCUT2D eigenvalue weighted by Gasteiger charge is -2.12. The molecule has 19 heavy (non-hydrogen) atoms. The average molecular weight is 272 g/mol. The summed E-state index contributed by atoms with van der Waals surface area (Å²) in [5.41, 5.74) is 0.533. The molecule has 0 unspecified atom stereocenters. The Morgan fingerprint density at radius 2 is 2.21 bits per heavy atom. The minimum absolute atomic E-state index is 0.0101. The number of carbonyl (C=O) groups is 1. The van der Waals surface area contributed by atoms with Crippen LogP contribution in [-0.4, -0.2) is 40.2 Å². The van der Waals surface area contributed by atoms with Crippen LogP contribution in [0.1, 0.15) is 10.4 Å². The summed E-state index contributed by atoms with van der Waals surface area (Å²) < 4.78 is 30.7. The van der Waals surface area contributed by atoms with E-state index in [2.05, 4.69) is 10.3 Å². The average Bonchev–Trinajstić information content (AvgIpc) is 2.78. The predicted molar refractivity (Wildman–Crippen MR) is 61.5 cm³/mol. The van der Waals surface area contributed by atoms with Crippen LogP contribution in [0.4, 0.5) is 14.8 Å². The highest BCUT2D eigenvalue weighted by atomic mass is 19.3. The number of fused-ring (bicyclic) bond motifs is 1. The van der Waals surface area contributed by atoms with Crippen LogP contribution in [0.3, 0.4) is 0 Å². The van der Waals surface area contributed by atoms with E-state index in [1.807, 2.05) is 0 Å². The van der Waals surface area contributed by atoms with Gasteiger partial charge in [0.25, 0.3) is 11.9 Å². The van der Waals surface area contributed by atoms with Crippen molar-refractivity contribution in [1.29, 1.82) is 0 Å². The molecule has 1 heterocycles. The van der Waals surface area contributed by atoms with Gasteiger partial charge >= 0.3 is 5.97 Å². The number of aliphatic hydroxyl groups is 1. The van der Waals surface area contributed by atoms with Crippen molar-refractivity contribution in [2.75, 3.05) is 18.5 Å². The van der Waals surface area contributed by atoms with Crippen molar-refractivity contribution in [2.45, 2.75) is 5.92 Å². The fraction of sp³-hybridized carbons (Fsp3) is 0.273. The SMILES string of the molecule is O=C(O)c1ccc2nc(NCC(F)(F)CO)oc2c1. The standard InChI is InChI=1S/C11H10F2N2O4/c12-11(13,5-16)4-14-10-15-7-2-1-6(9(17)18)3-8(7)19-10/h1-3,16H,4-5H2,(H,14,15)(H,17,18). The molecule has 2 rings (SSSR count). The largest absolute Gasteiger partial charge is 0.478 e. The van der Waals surface area contributed by atoms with Gasteiger partial charge in [0.15, 0.2) is 5.58 Å². The van der Waals surface area contributed by atoms with Crippen LogP contribution in [0.25, 0.3) is 11.1 Å². The molecule has 0 aliphatic heterocycles. The molecule has 0 aliphatic carbocycles. The maximum absolute atomic E-state index is 12.8. The highest BCUT2D eigenvalue weighted by Crippen LogP contribution is 2.21. The first-order chi connectivity index (χ1) is 8.91. The van der Waals surface area contributed by atoms with Gasteiger partial charge in [0.2, 0.25) is 0 Å². The van der Waals surface area contributed by atoms with Gasteiger partial charge in [0, 0.05) is 0 Å². The van der Waals surface area contributed by atoms with Crippen molar-refractivity contribution < 1.29 is 28.2 Å². The number of hydrogen-bond donors (Lipinski definition) is 3. The van der Waals surface area contributed by atoms with Gasteiger partial charge in [-0.1, -0.05) is 0 Å². The van der Waals surface area contributed by atoms with Gasteiger partial charge in [-0.2, -0.15) is 4.98 Å². The minimum atomic E-state index is -3.28. The van der Waals surface area contributed by atoms with Crippen LogP contribution in [-0.2, 0) is 0 Å². The second-order valence-corrected chi connectivity index (χ2v) is 3.87. The monoisotopic (exact) mass is 272 g/mol. The maximum atomic E-state index is 12.8. The zero-order valence-electron chi connectivity index (χ0n) is 9.56. The Kier molecular flexibility index (Phi) is 3.34. The Bertz CT molecular complexity index is 612. The van der Waals surface area contributed by atoms with Crippen molar-refractivity contribution in [3.05, 3.63) is 23.8 Å². The number of rotatable bonds is 5. The lowest BCUT2D eigenvalue weighted by molar-refractivity contribution is -0.0376. The van der Waals surface area contributed by atoms with E-state index in [1.54, 1.807) is 0 Å².